The smallest absolute Gasteiger partial charge is 0.0478 e. The Labute approximate surface area is 73.7 Å². The first kappa shape index (κ1) is 11.8. The zero-order valence-electron chi connectivity index (χ0n) is 7.23. The lowest BCUT2D eigenvalue weighted by Crippen LogP contribution is -2.10. The molecule has 0 aliphatic carbocycles. The van der Waals surface area contributed by atoms with Crippen LogP contribution in [0.2, 0.25) is 0 Å². The van der Waals surface area contributed by atoms with E-state index in [0.717, 1.165) is 34.4 Å². The van der Waals surface area contributed by atoms with Crippen LogP contribution < -0.4 is 5.32 Å². The zero-order valence-corrected chi connectivity index (χ0v) is 9.38. The van der Waals surface area contributed by atoms with E-state index < -0.39 is 0 Å². The number of hydrogen-bond donors (Lipinski definition) is 1. The largest absolute Gasteiger partial charge is 0.381 e. The summed E-state index contributed by atoms with van der Waals surface area (Å²) >= 11 is 0. The van der Waals surface area contributed by atoms with Crippen molar-refractivity contribution < 1.29 is 4.74 Å². The second-order valence-electron chi connectivity index (χ2n) is 2.38. The van der Waals surface area contributed by atoms with Crippen molar-refractivity contribution in [2.75, 3.05) is 33.0 Å². The average molecular weight is 195 g/mol. The molecule has 68 valence electrons. The molecule has 0 aromatic heterocycles. The van der Waals surface area contributed by atoms with Gasteiger partial charge in [-0.2, -0.15) is 0 Å². The summed E-state index contributed by atoms with van der Waals surface area (Å²) in [6, 6.07) is 0. The highest BCUT2D eigenvalue weighted by Crippen LogP contribution is 2.19. The van der Waals surface area contributed by atoms with Crippen molar-refractivity contribution in [2.45, 2.75) is 12.8 Å². The zero-order chi connectivity index (χ0) is 8.36. The summed E-state index contributed by atoms with van der Waals surface area (Å²) in [4.78, 5) is 0. The second-order valence-corrected chi connectivity index (χ2v) is 4.51. The van der Waals surface area contributed by atoms with Crippen LogP contribution in [0.3, 0.4) is 0 Å². The quantitative estimate of drug-likeness (QED) is 0.467. The van der Waals surface area contributed by atoms with Gasteiger partial charge in [-0.1, -0.05) is 0 Å². The van der Waals surface area contributed by atoms with Gasteiger partial charge in [0.15, 0.2) is 0 Å². The van der Waals surface area contributed by atoms with Crippen molar-refractivity contribution in [3.05, 3.63) is 0 Å². The Morgan fingerprint density at radius 1 is 1.36 bits per heavy atom. The normalized spacial score (nSPS) is 11.5. The fourth-order valence-corrected chi connectivity index (χ4v) is 1.69. The fourth-order valence-electron chi connectivity index (χ4n) is 0.729. The topological polar surface area (TPSA) is 21.3 Å². The molecule has 0 saturated heterocycles. The standard InChI is InChI=1S/C7H19NOP2/c1-8-4-2-5-9-6-3-7-11-10/h8,11H,2-7,10H2,1H3. The molecule has 1 N–H and O–H groups in total. The minimum atomic E-state index is 0.904. The first-order valence-corrected chi connectivity index (χ1v) is 7.09. The molecule has 0 fully saturated rings. The van der Waals surface area contributed by atoms with Crippen LogP contribution in [0.25, 0.3) is 0 Å². The lowest BCUT2D eigenvalue weighted by Gasteiger charge is -2.02. The van der Waals surface area contributed by atoms with Gasteiger partial charge in [0.05, 0.1) is 0 Å². The molecule has 4 heteroatoms. The monoisotopic (exact) mass is 195 g/mol. The fraction of sp³-hybridized carbons (Fsp3) is 1.00. The minimum absolute atomic E-state index is 0.904. The van der Waals surface area contributed by atoms with Crippen molar-refractivity contribution in [2.24, 2.45) is 0 Å². The Morgan fingerprint density at radius 2 is 2.09 bits per heavy atom. The summed E-state index contributed by atoms with van der Waals surface area (Å²) in [5, 5.41) is 3.09. The van der Waals surface area contributed by atoms with Gasteiger partial charge in [0.1, 0.15) is 0 Å². The Kier molecular flexibility index (Phi) is 11.5. The molecule has 0 saturated carbocycles. The van der Waals surface area contributed by atoms with Gasteiger partial charge in [0.2, 0.25) is 0 Å². The number of rotatable bonds is 8. The van der Waals surface area contributed by atoms with E-state index in [1.165, 1.54) is 12.6 Å². The molecule has 0 aliphatic rings. The van der Waals surface area contributed by atoms with Crippen LogP contribution >= 0.6 is 17.2 Å². The molecule has 11 heavy (non-hydrogen) atoms. The molecule has 0 aromatic rings. The molecule has 0 aromatic carbocycles. The highest BCUT2D eigenvalue weighted by atomic mass is 32.0. The van der Waals surface area contributed by atoms with E-state index in [2.05, 4.69) is 14.2 Å². The molecule has 0 amide bonds. The molecule has 0 heterocycles. The van der Waals surface area contributed by atoms with Gasteiger partial charge >= 0.3 is 0 Å². The Bertz CT molecular complexity index is 65.5. The molecule has 0 spiro atoms. The third-order valence-corrected chi connectivity index (χ3v) is 2.83. The van der Waals surface area contributed by atoms with Crippen molar-refractivity contribution in [3.8, 4) is 0 Å². The summed E-state index contributed by atoms with van der Waals surface area (Å²) in [5.41, 5.74) is 0. The SMILES string of the molecule is CNCCCOCCCPP. The second kappa shape index (κ2) is 10.8. The van der Waals surface area contributed by atoms with Gasteiger partial charge in [0, 0.05) is 13.2 Å². The molecule has 0 bridgehead atoms. The van der Waals surface area contributed by atoms with Crippen molar-refractivity contribution in [1.82, 2.24) is 5.32 Å². The molecule has 0 rings (SSSR count). The van der Waals surface area contributed by atoms with Gasteiger partial charge in [-0.3, -0.25) is 0 Å². The highest BCUT2D eigenvalue weighted by molar-refractivity contribution is 8.02. The van der Waals surface area contributed by atoms with Gasteiger partial charge in [-0.25, -0.2) is 0 Å². The van der Waals surface area contributed by atoms with Crippen molar-refractivity contribution in [1.29, 1.82) is 0 Å². The van der Waals surface area contributed by atoms with Crippen LogP contribution in [0, 0.1) is 0 Å². The van der Waals surface area contributed by atoms with E-state index in [0.29, 0.717) is 0 Å². The summed E-state index contributed by atoms with van der Waals surface area (Å²) in [7, 11) is 5.72. The summed E-state index contributed by atoms with van der Waals surface area (Å²) < 4.78 is 5.39. The van der Waals surface area contributed by atoms with Crippen LogP contribution in [0.15, 0.2) is 0 Å². The van der Waals surface area contributed by atoms with Gasteiger partial charge in [0.25, 0.3) is 0 Å². The van der Waals surface area contributed by atoms with E-state index >= 15 is 0 Å². The first-order chi connectivity index (χ1) is 5.41. The van der Waals surface area contributed by atoms with E-state index in [1.807, 2.05) is 7.05 Å². The molecular weight excluding hydrogens is 176 g/mol. The lowest BCUT2D eigenvalue weighted by atomic mass is 10.4. The highest BCUT2D eigenvalue weighted by Gasteiger charge is 1.87. The van der Waals surface area contributed by atoms with Crippen LogP contribution in [-0.4, -0.2) is 33.0 Å². The summed E-state index contributed by atoms with van der Waals surface area (Å²) in [5.74, 6) is 0. The third kappa shape index (κ3) is 10.8. The van der Waals surface area contributed by atoms with Gasteiger partial charge in [-0.15, -0.1) is 17.2 Å². The van der Waals surface area contributed by atoms with E-state index in [4.69, 9.17) is 4.74 Å². The number of hydrogen-bond acceptors (Lipinski definition) is 2. The van der Waals surface area contributed by atoms with Crippen molar-refractivity contribution in [3.63, 3.8) is 0 Å². The molecule has 2 unspecified atom stereocenters. The lowest BCUT2D eigenvalue weighted by molar-refractivity contribution is 0.133. The summed E-state index contributed by atoms with van der Waals surface area (Å²) in [6.07, 6.45) is 3.62. The Morgan fingerprint density at radius 3 is 2.73 bits per heavy atom. The predicted octanol–water partition coefficient (Wildman–Crippen LogP) is 1.47. The molecule has 0 aliphatic heterocycles. The molecule has 0 radical (unpaired) electrons. The predicted molar refractivity (Wildman–Crippen MR) is 56.9 cm³/mol. The van der Waals surface area contributed by atoms with Crippen LogP contribution in [0.4, 0.5) is 0 Å². The van der Waals surface area contributed by atoms with Gasteiger partial charge in [-0.05, 0) is 32.6 Å². The van der Waals surface area contributed by atoms with Crippen molar-refractivity contribution >= 4 is 17.2 Å². The molecule has 2 atom stereocenters. The van der Waals surface area contributed by atoms with Crippen LogP contribution in [0.1, 0.15) is 12.8 Å². The molecular formula is C7H19NOP2. The van der Waals surface area contributed by atoms with Crippen LogP contribution in [-0.2, 0) is 4.74 Å². The number of nitrogens with one attached hydrogen (secondary N) is 1. The van der Waals surface area contributed by atoms with Crippen LogP contribution in [0.5, 0.6) is 0 Å². The Hall–Kier alpha value is 0.780. The maximum Gasteiger partial charge on any atom is 0.0478 e. The van der Waals surface area contributed by atoms with E-state index in [9.17, 15) is 0 Å². The summed E-state index contributed by atoms with van der Waals surface area (Å²) in [6.45, 7) is 2.90. The van der Waals surface area contributed by atoms with Gasteiger partial charge < -0.3 is 10.1 Å². The van der Waals surface area contributed by atoms with E-state index in [1.54, 1.807) is 0 Å². The Balaban J connectivity index is 2.69. The number of ether oxygens (including phenoxy) is 1. The average Bonchev–Trinajstić information content (AvgIpc) is 2.03. The maximum atomic E-state index is 5.39. The molecule has 2 nitrogen and oxygen atoms in total. The first-order valence-electron chi connectivity index (χ1n) is 4.07. The van der Waals surface area contributed by atoms with E-state index in [-0.39, 0.29) is 0 Å². The minimum Gasteiger partial charge on any atom is -0.381 e. The third-order valence-electron chi connectivity index (χ3n) is 1.33. The maximum absolute atomic E-state index is 5.39.